The summed E-state index contributed by atoms with van der Waals surface area (Å²) in [5.41, 5.74) is 2.15. The molecule has 0 aromatic carbocycles. The van der Waals surface area contributed by atoms with Gasteiger partial charge in [-0.3, -0.25) is 0 Å². The molecule has 0 spiro atoms. The summed E-state index contributed by atoms with van der Waals surface area (Å²) in [5, 5.41) is 0. The van der Waals surface area contributed by atoms with E-state index in [0.29, 0.717) is 0 Å². The Labute approximate surface area is 107 Å². The second-order valence-electron chi connectivity index (χ2n) is 10.5. The molecule has 0 heteroatoms. The number of hydrogen-bond acceptors (Lipinski definition) is 0. The van der Waals surface area contributed by atoms with Crippen molar-refractivity contribution in [2.45, 2.75) is 12.8 Å². The molecule has 12 unspecified atom stereocenters. The lowest BCUT2D eigenvalue weighted by Gasteiger charge is -2.28. The Kier molecular flexibility index (Phi) is 0.550. The molecule has 0 aliphatic heterocycles. The van der Waals surface area contributed by atoms with Crippen LogP contribution in [-0.4, -0.2) is 0 Å². The van der Waals surface area contributed by atoms with Crippen LogP contribution >= 0.6 is 0 Å². The van der Waals surface area contributed by atoms with Gasteiger partial charge in [-0.1, -0.05) is 0 Å². The van der Waals surface area contributed by atoms with E-state index in [4.69, 9.17) is 0 Å². The van der Waals surface area contributed by atoms with Gasteiger partial charge in [-0.25, -0.2) is 0 Å². The highest BCUT2D eigenvalue weighted by molar-refractivity contribution is 5.57. The van der Waals surface area contributed by atoms with E-state index in [9.17, 15) is 0 Å². The Morgan fingerprint density at radius 1 is 0.444 bits per heavy atom. The van der Waals surface area contributed by atoms with Crippen LogP contribution < -0.4 is 0 Å². The fraction of sp³-hybridized carbons (Fsp3) is 1.00. The molecule has 4 bridgehead atoms. The van der Waals surface area contributed by atoms with Gasteiger partial charge in [-0.2, -0.15) is 0 Å². The summed E-state index contributed by atoms with van der Waals surface area (Å²) in [4.78, 5) is 0. The fourth-order valence-electron chi connectivity index (χ4n) is 13.0. The van der Waals surface area contributed by atoms with Crippen LogP contribution in [0, 0.1) is 93.7 Å². The average molecular weight is 234 g/mol. The lowest BCUT2D eigenvalue weighted by atomic mass is 9.75. The van der Waals surface area contributed by atoms with Gasteiger partial charge in [0.05, 0.1) is 0 Å². The lowest BCUT2D eigenvalue weighted by molar-refractivity contribution is 0.172. The third-order valence-corrected chi connectivity index (χ3v) is 11.8. The van der Waals surface area contributed by atoms with E-state index in [1.807, 2.05) is 0 Å². The van der Waals surface area contributed by atoms with Crippen LogP contribution in [0.2, 0.25) is 0 Å². The molecule has 0 amide bonds. The second kappa shape index (κ2) is 1.39. The SMILES string of the molecule is C1C2C3C4C1C1C2C1(C12C5C6C7CC(C65)C1C72)C34. The van der Waals surface area contributed by atoms with Gasteiger partial charge < -0.3 is 0 Å². The van der Waals surface area contributed by atoms with E-state index in [-0.39, 0.29) is 0 Å². The monoisotopic (exact) mass is 234 g/mol. The highest BCUT2D eigenvalue weighted by atomic mass is 15.1. The lowest BCUT2D eigenvalue weighted by Crippen LogP contribution is -2.26. The number of rotatable bonds is 1. The molecule has 12 aliphatic rings. The van der Waals surface area contributed by atoms with Crippen LogP contribution in [0.15, 0.2) is 0 Å². The topological polar surface area (TPSA) is 0 Å². The summed E-state index contributed by atoms with van der Waals surface area (Å²) in [7, 11) is 0. The quantitative estimate of drug-likeness (QED) is 0.654. The van der Waals surface area contributed by atoms with Gasteiger partial charge in [0, 0.05) is 0 Å². The third kappa shape index (κ3) is 0.303. The summed E-state index contributed by atoms with van der Waals surface area (Å²) in [6.07, 6.45) is 3.44. The van der Waals surface area contributed by atoms with E-state index >= 15 is 0 Å². The van der Waals surface area contributed by atoms with Crippen molar-refractivity contribution in [3.8, 4) is 0 Å². The summed E-state index contributed by atoms with van der Waals surface area (Å²) >= 11 is 0. The van der Waals surface area contributed by atoms with E-state index in [2.05, 4.69) is 0 Å². The highest BCUT2D eigenvalue weighted by Gasteiger charge is 3.11. The predicted molar refractivity (Wildman–Crippen MR) is 63.0 cm³/mol. The minimum Gasteiger partial charge on any atom is -0.0464 e. The van der Waals surface area contributed by atoms with Gasteiger partial charge >= 0.3 is 0 Å². The Bertz CT molecular complexity index is 535. The molecule has 12 aliphatic carbocycles. The molecule has 0 N–H and O–H groups in total. The normalized spacial score (nSPS) is 108. The molecule has 12 fully saturated rings. The van der Waals surface area contributed by atoms with Crippen LogP contribution in [0.25, 0.3) is 0 Å². The minimum atomic E-state index is 1.08. The molecular formula is C18H18. The standard InChI is InChI=1S/C18H18/c1-3-7-8-4(1)12-11(3)17(12,15(7)8)18-13-5-2-6(14(13)18)10-9(5)16(10)18/h3-16H,1-2H2. The minimum absolute atomic E-state index is 1.08. The van der Waals surface area contributed by atoms with Crippen LogP contribution in [0.5, 0.6) is 0 Å². The zero-order chi connectivity index (χ0) is 10.5. The predicted octanol–water partition coefficient (Wildman–Crippen LogP) is 2.50. The Hall–Kier alpha value is 0. The first-order chi connectivity index (χ1) is 8.95. The van der Waals surface area contributed by atoms with Crippen LogP contribution in [0.4, 0.5) is 0 Å². The Morgan fingerprint density at radius 2 is 0.778 bits per heavy atom. The van der Waals surface area contributed by atoms with Gasteiger partial charge in [0.25, 0.3) is 0 Å². The first-order valence-corrected chi connectivity index (χ1v) is 8.95. The molecule has 18 heavy (non-hydrogen) atoms. The van der Waals surface area contributed by atoms with Crippen molar-refractivity contribution in [2.75, 3.05) is 0 Å². The smallest absolute Gasteiger partial charge is 0.0130 e. The summed E-state index contributed by atoms with van der Waals surface area (Å²) in [5.74, 6) is 18.6. The van der Waals surface area contributed by atoms with Crippen molar-refractivity contribution in [3.05, 3.63) is 0 Å². The van der Waals surface area contributed by atoms with E-state index in [1.165, 1.54) is 82.9 Å². The van der Waals surface area contributed by atoms with Crippen molar-refractivity contribution in [3.63, 3.8) is 0 Å². The number of hydrogen-bond donors (Lipinski definition) is 0. The summed E-state index contributed by atoms with van der Waals surface area (Å²) in [6, 6.07) is 0. The molecular weight excluding hydrogens is 216 g/mol. The van der Waals surface area contributed by atoms with Crippen LogP contribution in [0.1, 0.15) is 12.8 Å². The van der Waals surface area contributed by atoms with Crippen molar-refractivity contribution < 1.29 is 0 Å². The Balaban J connectivity index is 1.36. The molecule has 12 rings (SSSR count). The first kappa shape index (κ1) is 7.14. The van der Waals surface area contributed by atoms with Gasteiger partial charge in [-0.05, 0) is 107 Å². The maximum absolute atomic E-state index is 1.72. The molecule has 0 aromatic heterocycles. The van der Waals surface area contributed by atoms with Gasteiger partial charge in [0.15, 0.2) is 0 Å². The molecule has 90 valence electrons. The van der Waals surface area contributed by atoms with Gasteiger partial charge in [0.1, 0.15) is 0 Å². The maximum atomic E-state index is 1.72. The van der Waals surface area contributed by atoms with Gasteiger partial charge in [0.2, 0.25) is 0 Å². The van der Waals surface area contributed by atoms with Crippen molar-refractivity contribution in [1.29, 1.82) is 0 Å². The third-order valence-electron chi connectivity index (χ3n) is 11.8. The Morgan fingerprint density at radius 3 is 1.00 bits per heavy atom. The zero-order valence-electron chi connectivity index (χ0n) is 10.5. The molecule has 12 saturated carbocycles. The molecule has 0 radical (unpaired) electrons. The van der Waals surface area contributed by atoms with Crippen LogP contribution in [-0.2, 0) is 0 Å². The van der Waals surface area contributed by atoms with Crippen molar-refractivity contribution >= 4 is 0 Å². The zero-order valence-corrected chi connectivity index (χ0v) is 10.5. The molecule has 0 saturated heterocycles. The second-order valence-corrected chi connectivity index (χ2v) is 10.5. The summed E-state index contributed by atoms with van der Waals surface area (Å²) in [6.45, 7) is 0. The fourth-order valence-corrected chi connectivity index (χ4v) is 13.0. The molecule has 0 aromatic rings. The average Bonchev–Trinajstić information content (AvgIpc) is 3.30. The maximum Gasteiger partial charge on any atom is -0.0130 e. The van der Waals surface area contributed by atoms with Crippen molar-refractivity contribution in [1.82, 2.24) is 0 Å². The summed E-state index contributed by atoms with van der Waals surface area (Å²) < 4.78 is 0. The van der Waals surface area contributed by atoms with E-state index in [1.54, 1.807) is 12.8 Å². The molecule has 0 heterocycles. The highest BCUT2D eigenvalue weighted by Crippen LogP contribution is 3.14. The first-order valence-electron chi connectivity index (χ1n) is 8.95. The largest absolute Gasteiger partial charge is 0.0464 e. The van der Waals surface area contributed by atoms with E-state index in [0.717, 1.165) is 10.8 Å². The van der Waals surface area contributed by atoms with Gasteiger partial charge in [-0.15, -0.1) is 0 Å². The van der Waals surface area contributed by atoms with Crippen molar-refractivity contribution in [2.24, 2.45) is 93.7 Å². The van der Waals surface area contributed by atoms with E-state index < -0.39 is 0 Å². The molecule has 0 nitrogen and oxygen atoms in total. The van der Waals surface area contributed by atoms with Crippen LogP contribution in [0.3, 0.4) is 0 Å². The molecule has 12 atom stereocenters.